The predicted molar refractivity (Wildman–Crippen MR) is 151 cm³/mol. The van der Waals surface area contributed by atoms with Crippen LogP contribution in [0.15, 0.2) is 66.9 Å². The van der Waals surface area contributed by atoms with Crippen LogP contribution in [0.2, 0.25) is 0 Å². The van der Waals surface area contributed by atoms with Crippen LogP contribution in [-0.4, -0.2) is 65.2 Å². The summed E-state index contributed by atoms with van der Waals surface area (Å²) in [6.07, 6.45) is -8.13. The fourth-order valence-electron chi connectivity index (χ4n) is 5.87. The van der Waals surface area contributed by atoms with Crippen molar-refractivity contribution >= 4 is 10.9 Å². The lowest BCUT2D eigenvalue weighted by Gasteiger charge is -2.49. The maximum absolute atomic E-state index is 14.2. The SMILES string of the molecule is Cc1ccccc1C(O)C(c1ccccc1C(F)(F)F)[SH]1C[C@H](O)[C@H](n2cc(-c3cc(F)c(F)c(F)c3)nn2)[C@@H](O)[C@H]1CO. The number of hydrogen-bond acceptors (Lipinski definition) is 6. The van der Waals surface area contributed by atoms with E-state index in [0.717, 1.165) is 10.7 Å². The molecule has 1 aromatic heterocycles. The number of benzene rings is 3. The highest BCUT2D eigenvalue weighted by Crippen LogP contribution is 2.59. The zero-order valence-corrected chi connectivity index (χ0v) is 24.0. The molecule has 0 spiro atoms. The van der Waals surface area contributed by atoms with Gasteiger partial charge in [-0.25, -0.2) is 28.7 Å². The first-order chi connectivity index (χ1) is 20.8. The van der Waals surface area contributed by atoms with Gasteiger partial charge in [0.15, 0.2) is 17.5 Å². The highest BCUT2D eigenvalue weighted by Gasteiger charge is 2.49. The number of aliphatic hydroxyl groups excluding tert-OH is 4. The van der Waals surface area contributed by atoms with Crippen LogP contribution in [0.1, 0.15) is 39.6 Å². The predicted octanol–water partition coefficient (Wildman–Crippen LogP) is 4.80. The van der Waals surface area contributed by atoms with E-state index in [4.69, 9.17) is 0 Å². The van der Waals surface area contributed by atoms with Crippen LogP contribution in [0.25, 0.3) is 11.3 Å². The Balaban J connectivity index is 1.56. The number of rotatable bonds is 7. The van der Waals surface area contributed by atoms with Gasteiger partial charge < -0.3 is 20.4 Å². The van der Waals surface area contributed by atoms with Crippen LogP contribution in [0.4, 0.5) is 26.3 Å². The van der Waals surface area contributed by atoms with Crippen molar-refractivity contribution in [3.63, 3.8) is 0 Å². The summed E-state index contributed by atoms with van der Waals surface area (Å²) in [5.74, 6) is -4.81. The first-order valence-corrected chi connectivity index (χ1v) is 15.2. The topological polar surface area (TPSA) is 112 Å². The quantitative estimate of drug-likeness (QED) is 0.113. The van der Waals surface area contributed by atoms with Gasteiger partial charge >= 0.3 is 6.18 Å². The minimum absolute atomic E-state index is 0.109. The minimum atomic E-state index is -4.78. The van der Waals surface area contributed by atoms with Crippen molar-refractivity contribution in [2.24, 2.45) is 0 Å². The lowest BCUT2D eigenvalue weighted by atomic mass is 9.94. The summed E-state index contributed by atoms with van der Waals surface area (Å²) in [6.45, 7) is 1.00. The minimum Gasteiger partial charge on any atom is -0.395 e. The van der Waals surface area contributed by atoms with Crippen LogP contribution in [-0.2, 0) is 6.18 Å². The third-order valence-corrected chi connectivity index (χ3v) is 11.4. The average molecular weight is 642 g/mol. The van der Waals surface area contributed by atoms with E-state index in [2.05, 4.69) is 10.3 Å². The Kier molecular flexibility index (Phi) is 9.10. The molecule has 2 heterocycles. The molecule has 1 saturated heterocycles. The highest BCUT2D eigenvalue weighted by atomic mass is 32.2. The zero-order chi connectivity index (χ0) is 31.9. The number of aromatic nitrogens is 3. The van der Waals surface area contributed by atoms with E-state index in [-0.39, 0.29) is 22.6 Å². The number of alkyl halides is 3. The van der Waals surface area contributed by atoms with Gasteiger partial charge in [-0.15, -0.1) is 5.10 Å². The number of aliphatic hydroxyl groups is 4. The Morgan fingerprint density at radius 1 is 0.977 bits per heavy atom. The summed E-state index contributed by atoms with van der Waals surface area (Å²) in [5.41, 5.74) is -0.519. The van der Waals surface area contributed by atoms with Crippen LogP contribution < -0.4 is 0 Å². The standard InChI is InChI=1S/C30H29F6N3O4S/c1-15-6-2-3-7-17(15)27(42)29(18-8-4-5-9-19(18)30(34,35)36)44-14-23(41)26(28(43)24(44)13-40)39-12-22(37-38-39)16-10-20(31)25(33)21(32)11-16/h2-12,23-24,26-29,40-44H,13-14H2,1H3/t23-,24+,26-,27?,28-,29?/m0/s1. The first kappa shape index (κ1) is 32.0. The van der Waals surface area contributed by atoms with Crippen LogP contribution in [0.5, 0.6) is 0 Å². The molecule has 236 valence electrons. The van der Waals surface area contributed by atoms with Gasteiger partial charge in [-0.05, 0) is 41.8 Å². The van der Waals surface area contributed by atoms with Crippen molar-refractivity contribution in [2.75, 3.05) is 12.4 Å². The Bertz CT molecular complexity index is 1610. The molecule has 7 atom stereocenters. The van der Waals surface area contributed by atoms with E-state index in [1.165, 1.54) is 24.4 Å². The fourth-order valence-corrected chi connectivity index (χ4v) is 9.31. The molecular formula is C30H29F6N3O4S. The zero-order valence-electron chi connectivity index (χ0n) is 23.1. The second kappa shape index (κ2) is 12.5. The molecule has 44 heavy (non-hydrogen) atoms. The smallest absolute Gasteiger partial charge is 0.395 e. The molecule has 0 aliphatic carbocycles. The summed E-state index contributed by atoms with van der Waals surface area (Å²) in [4.78, 5) is 0. The van der Waals surface area contributed by atoms with Crippen LogP contribution >= 0.6 is 10.9 Å². The van der Waals surface area contributed by atoms with Crippen molar-refractivity contribution in [1.82, 2.24) is 15.0 Å². The van der Waals surface area contributed by atoms with Gasteiger partial charge in [-0.3, -0.25) is 0 Å². The maximum Gasteiger partial charge on any atom is 0.416 e. The molecule has 4 aromatic rings. The van der Waals surface area contributed by atoms with Crippen LogP contribution in [0, 0.1) is 24.4 Å². The molecule has 5 rings (SSSR count). The Labute approximate surface area is 250 Å². The number of nitrogens with zero attached hydrogens (tertiary/aromatic N) is 3. The lowest BCUT2D eigenvalue weighted by molar-refractivity contribution is -0.138. The normalized spacial score (nSPS) is 24.7. The molecule has 4 N–H and O–H groups in total. The second-order valence-corrected chi connectivity index (χ2v) is 13.3. The molecule has 3 unspecified atom stereocenters. The van der Waals surface area contributed by atoms with E-state index >= 15 is 0 Å². The van der Waals surface area contributed by atoms with Crippen molar-refractivity contribution < 1.29 is 46.8 Å². The summed E-state index contributed by atoms with van der Waals surface area (Å²) < 4.78 is 84.8. The fraction of sp³-hybridized carbons (Fsp3) is 0.333. The average Bonchev–Trinajstić information content (AvgIpc) is 3.45. The monoisotopic (exact) mass is 641 g/mol. The molecule has 0 amide bonds. The van der Waals surface area contributed by atoms with E-state index < -0.39 is 81.5 Å². The molecule has 3 aromatic carbocycles. The summed E-state index contributed by atoms with van der Waals surface area (Å²) >= 11 is 0. The molecule has 14 heteroatoms. The number of halogens is 6. The van der Waals surface area contributed by atoms with Gasteiger partial charge in [-0.1, -0.05) is 47.7 Å². The number of aryl methyl sites for hydroxylation is 1. The van der Waals surface area contributed by atoms with E-state index in [0.29, 0.717) is 23.3 Å². The van der Waals surface area contributed by atoms with Gasteiger partial charge in [-0.2, -0.15) is 13.2 Å². The largest absolute Gasteiger partial charge is 0.416 e. The number of thiol groups is 1. The molecule has 1 aliphatic heterocycles. The van der Waals surface area contributed by atoms with E-state index in [1.807, 2.05) is 0 Å². The second-order valence-electron chi connectivity index (χ2n) is 10.7. The van der Waals surface area contributed by atoms with Crippen molar-refractivity contribution in [1.29, 1.82) is 0 Å². The molecule has 1 fully saturated rings. The maximum atomic E-state index is 14.2. The Morgan fingerprint density at radius 3 is 2.20 bits per heavy atom. The molecule has 7 nitrogen and oxygen atoms in total. The van der Waals surface area contributed by atoms with Crippen molar-refractivity contribution in [2.45, 2.75) is 48.0 Å². The highest BCUT2D eigenvalue weighted by molar-refractivity contribution is 8.17. The Morgan fingerprint density at radius 2 is 1.59 bits per heavy atom. The number of hydrogen-bond donors (Lipinski definition) is 5. The van der Waals surface area contributed by atoms with Gasteiger partial charge in [0.2, 0.25) is 0 Å². The van der Waals surface area contributed by atoms with Gasteiger partial charge in [0.25, 0.3) is 0 Å². The van der Waals surface area contributed by atoms with Gasteiger partial charge in [0.1, 0.15) is 11.7 Å². The van der Waals surface area contributed by atoms with Crippen molar-refractivity contribution in [3.05, 3.63) is 107 Å². The summed E-state index contributed by atoms with van der Waals surface area (Å²) in [6, 6.07) is 11.5. The van der Waals surface area contributed by atoms with Crippen molar-refractivity contribution in [3.8, 4) is 11.3 Å². The molecule has 1 aliphatic rings. The van der Waals surface area contributed by atoms with E-state index in [9.17, 15) is 46.8 Å². The Hall–Kier alpha value is -3.43. The van der Waals surface area contributed by atoms with Gasteiger partial charge in [0, 0.05) is 21.8 Å². The molecular weight excluding hydrogens is 612 g/mol. The molecule has 0 bridgehead atoms. The van der Waals surface area contributed by atoms with Gasteiger partial charge in [0.05, 0.1) is 36.7 Å². The molecule has 0 saturated carbocycles. The third kappa shape index (κ3) is 5.96. The summed E-state index contributed by atoms with van der Waals surface area (Å²) in [5, 5.41) is 50.4. The molecule has 0 radical (unpaired) electrons. The third-order valence-electron chi connectivity index (χ3n) is 7.99. The first-order valence-electron chi connectivity index (χ1n) is 13.5. The summed E-state index contributed by atoms with van der Waals surface area (Å²) in [7, 11) is -1.96. The van der Waals surface area contributed by atoms with Crippen LogP contribution in [0.3, 0.4) is 0 Å². The van der Waals surface area contributed by atoms with E-state index in [1.54, 1.807) is 31.2 Å². The lowest BCUT2D eigenvalue weighted by Crippen LogP contribution is -2.51.